The van der Waals surface area contributed by atoms with Crippen LogP contribution in [0.15, 0.2) is 54.6 Å². The van der Waals surface area contributed by atoms with Crippen molar-refractivity contribution < 1.29 is 14.7 Å². The van der Waals surface area contributed by atoms with Gasteiger partial charge in [-0.3, -0.25) is 4.79 Å². The molecule has 0 aliphatic heterocycles. The van der Waals surface area contributed by atoms with Crippen LogP contribution >= 0.6 is 11.8 Å². The van der Waals surface area contributed by atoms with Crippen molar-refractivity contribution in [3.05, 3.63) is 65.7 Å². The normalized spacial score (nSPS) is 10.2. The molecule has 0 fully saturated rings. The molecule has 5 heteroatoms. The molecule has 4 nitrogen and oxygen atoms in total. The predicted octanol–water partition coefficient (Wildman–Crippen LogP) is 3.65. The summed E-state index contributed by atoms with van der Waals surface area (Å²) in [6.07, 6.45) is 0.398. The molecule has 2 rings (SSSR count). The van der Waals surface area contributed by atoms with E-state index in [4.69, 9.17) is 5.11 Å². The molecular weight excluding hydrogens is 298 g/mol. The summed E-state index contributed by atoms with van der Waals surface area (Å²) in [5, 5.41) is 11.6. The predicted molar refractivity (Wildman–Crippen MR) is 89.3 cm³/mol. The molecule has 0 saturated heterocycles. The molecule has 1 amide bonds. The topological polar surface area (TPSA) is 66.4 Å². The van der Waals surface area contributed by atoms with Gasteiger partial charge in [-0.1, -0.05) is 36.4 Å². The van der Waals surface area contributed by atoms with Gasteiger partial charge in [-0.2, -0.15) is 11.8 Å². The van der Waals surface area contributed by atoms with Crippen molar-refractivity contribution in [2.45, 2.75) is 12.2 Å². The summed E-state index contributed by atoms with van der Waals surface area (Å²) < 4.78 is 0. The van der Waals surface area contributed by atoms with E-state index in [2.05, 4.69) is 17.4 Å². The van der Waals surface area contributed by atoms with E-state index in [1.807, 2.05) is 18.2 Å². The average Bonchev–Trinajstić information content (AvgIpc) is 2.53. The van der Waals surface area contributed by atoms with Gasteiger partial charge in [-0.15, -0.1) is 0 Å². The second-order valence-electron chi connectivity index (χ2n) is 4.72. The first-order valence-electron chi connectivity index (χ1n) is 6.90. The number of thioether (sulfide) groups is 1. The highest BCUT2D eigenvalue weighted by molar-refractivity contribution is 7.98. The number of hydrogen-bond acceptors (Lipinski definition) is 3. The lowest BCUT2D eigenvalue weighted by molar-refractivity contribution is -0.115. The SMILES string of the molecule is O=C(CCSCc1ccccc1)Nc1cccc(C(=O)O)c1. The summed E-state index contributed by atoms with van der Waals surface area (Å²) in [7, 11) is 0. The average molecular weight is 315 g/mol. The standard InChI is InChI=1S/C17H17NO3S/c19-16(9-10-22-12-13-5-2-1-3-6-13)18-15-8-4-7-14(11-15)17(20)21/h1-8,11H,9-10,12H2,(H,18,19)(H,20,21). The molecule has 0 bridgehead atoms. The lowest BCUT2D eigenvalue weighted by Crippen LogP contribution is -2.12. The monoisotopic (exact) mass is 315 g/mol. The first-order chi connectivity index (χ1) is 10.6. The molecule has 0 radical (unpaired) electrons. The van der Waals surface area contributed by atoms with E-state index < -0.39 is 5.97 Å². The van der Waals surface area contributed by atoms with E-state index in [0.29, 0.717) is 12.1 Å². The Morgan fingerprint density at radius 3 is 2.55 bits per heavy atom. The van der Waals surface area contributed by atoms with Crippen molar-refractivity contribution in [2.75, 3.05) is 11.1 Å². The maximum absolute atomic E-state index is 11.8. The molecule has 114 valence electrons. The van der Waals surface area contributed by atoms with Crippen molar-refractivity contribution in [2.24, 2.45) is 0 Å². The van der Waals surface area contributed by atoms with Crippen LogP contribution in [0, 0.1) is 0 Å². The molecule has 0 unspecified atom stereocenters. The number of anilines is 1. The third-order valence-corrected chi connectivity index (χ3v) is 4.01. The van der Waals surface area contributed by atoms with Gasteiger partial charge >= 0.3 is 5.97 Å². The van der Waals surface area contributed by atoms with Crippen molar-refractivity contribution in [1.29, 1.82) is 0 Å². The second-order valence-corrected chi connectivity index (χ2v) is 5.83. The molecule has 22 heavy (non-hydrogen) atoms. The Morgan fingerprint density at radius 2 is 1.82 bits per heavy atom. The number of hydrogen-bond donors (Lipinski definition) is 2. The minimum Gasteiger partial charge on any atom is -0.478 e. The van der Waals surface area contributed by atoms with Gasteiger partial charge in [0.05, 0.1) is 5.56 Å². The summed E-state index contributed by atoms with van der Waals surface area (Å²) in [5.41, 5.74) is 1.91. The van der Waals surface area contributed by atoms with Gasteiger partial charge in [0.15, 0.2) is 0 Å². The molecule has 2 N–H and O–H groups in total. The molecule has 0 aromatic heterocycles. The highest BCUT2D eigenvalue weighted by atomic mass is 32.2. The van der Waals surface area contributed by atoms with Gasteiger partial charge in [0.25, 0.3) is 0 Å². The van der Waals surface area contributed by atoms with Gasteiger partial charge in [-0.25, -0.2) is 4.79 Å². The van der Waals surface area contributed by atoms with Crippen LogP contribution in [0.5, 0.6) is 0 Å². The Labute approximate surface area is 133 Å². The fraction of sp³-hybridized carbons (Fsp3) is 0.176. The Kier molecular flexibility index (Phi) is 6.03. The van der Waals surface area contributed by atoms with Crippen LogP contribution in [0.3, 0.4) is 0 Å². The van der Waals surface area contributed by atoms with Crippen molar-refractivity contribution in [3.63, 3.8) is 0 Å². The lowest BCUT2D eigenvalue weighted by atomic mass is 10.2. The van der Waals surface area contributed by atoms with Crippen molar-refractivity contribution in [3.8, 4) is 0 Å². The highest BCUT2D eigenvalue weighted by Crippen LogP contribution is 2.14. The number of carbonyl (C=O) groups is 2. The number of nitrogens with one attached hydrogen (secondary N) is 1. The molecule has 2 aromatic rings. The lowest BCUT2D eigenvalue weighted by Gasteiger charge is -2.06. The number of carboxylic acid groups (broad SMARTS) is 1. The summed E-state index contributed by atoms with van der Waals surface area (Å²) >= 11 is 1.70. The smallest absolute Gasteiger partial charge is 0.335 e. The van der Waals surface area contributed by atoms with Crippen LogP contribution in [0.1, 0.15) is 22.3 Å². The van der Waals surface area contributed by atoms with E-state index in [0.717, 1.165) is 11.5 Å². The van der Waals surface area contributed by atoms with Crippen LogP contribution in [-0.4, -0.2) is 22.7 Å². The van der Waals surface area contributed by atoms with Crippen molar-refractivity contribution >= 4 is 29.3 Å². The van der Waals surface area contributed by atoms with E-state index >= 15 is 0 Å². The van der Waals surface area contributed by atoms with E-state index in [1.165, 1.54) is 17.7 Å². The fourth-order valence-corrected chi connectivity index (χ4v) is 2.78. The van der Waals surface area contributed by atoms with Gasteiger partial charge < -0.3 is 10.4 Å². The van der Waals surface area contributed by atoms with Crippen molar-refractivity contribution in [1.82, 2.24) is 0 Å². The molecule has 0 aliphatic carbocycles. The van der Waals surface area contributed by atoms with Crippen LogP contribution < -0.4 is 5.32 Å². The van der Waals surface area contributed by atoms with E-state index in [9.17, 15) is 9.59 Å². The molecule has 0 saturated carbocycles. The summed E-state index contributed by atoms with van der Waals surface area (Å²) in [5.74, 6) is 0.486. The maximum atomic E-state index is 11.8. The molecule has 0 aliphatic rings. The first-order valence-corrected chi connectivity index (χ1v) is 8.05. The minimum absolute atomic E-state index is 0.108. The summed E-state index contributed by atoms with van der Waals surface area (Å²) in [6.45, 7) is 0. The Balaban J connectivity index is 1.74. The number of carbonyl (C=O) groups excluding carboxylic acids is 1. The van der Waals surface area contributed by atoms with Gasteiger partial charge in [-0.05, 0) is 23.8 Å². The first kappa shape index (κ1) is 16.1. The Hall–Kier alpha value is -2.27. The molecule has 2 aromatic carbocycles. The largest absolute Gasteiger partial charge is 0.478 e. The van der Waals surface area contributed by atoms with E-state index in [1.54, 1.807) is 23.9 Å². The Bertz CT molecular complexity index is 643. The number of carboxylic acids is 1. The summed E-state index contributed by atoms with van der Waals surface area (Å²) in [6, 6.07) is 16.3. The fourth-order valence-electron chi connectivity index (χ4n) is 1.88. The van der Waals surface area contributed by atoms with E-state index in [-0.39, 0.29) is 11.5 Å². The summed E-state index contributed by atoms with van der Waals surface area (Å²) in [4.78, 5) is 22.7. The zero-order valence-electron chi connectivity index (χ0n) is 12.0. The molecule has 0 heterocycles. The third-order valence-electron chi connectivity index (χ3n) is 2.98. The van der Waals surface area contributed by atoms with Gasteiger partial charge in [0.1, 0.15) is 0 Å². The highest BCUT2D eigenvalue weighted by Gasteiger charge is 2.06. The maximum Gasteiger partial charge on any atom is 0.335 e. The number of aromatic carboxylic acids is 1. The van der Waals surface area contributed by atoms with Gasteiger partial charge in [0, 0.05) is 23.6 Å². The van der Waals surface area contributed by atoms with Gasteiger partial charge in [0.2, 0.25) is 5.91 Å². The third kappa shape index (κ3) is 5.26. The molecule has 0 spiro atoms. The second kappa shape index (κ2) is 8.24. The number of benzene rings is 2. The van der Waals surface area contributed by atoms with Crippen LogP contribution in [0.2, 0.25) is 0 Å². The van der Waals surface area contributed by atoms with Crippen LogP contribution in [0.4, 0.5) is 5.69 Å². The zero-order chi connectivity index (χ0) is 15.8. The van der Waals surface area contributed by atoms with Crippen LogP contribution in [-0.2, 0) is 10.5 Å². The quantitative estimate of drug-likeness (QED) is 0.765. The Morgan fingerprint density at radius 1 is 1.05 bits per heavy atom. The zero-order valence-corrected chi connectivity index (χ0v) is 12.8. The number of amides is 1. The molecular formula is C17H17NO3S. The molecule has 0 atom stereocenters. The van der Waals surface area contributed by atoms with Crippen LogP contribution in [0.25, 0.3) is 0 Å². The minimum atomic E-state index is -1.01. The number of rotatable bonds is 7.